The second-order valence-electron chi connectivity index (χ2n) is 8.42. The van der Waals surface area contributed by atoms with Gasteiger partial charge in [-0.1, -0.05) is 42.5 Å². The molecule has 5 nitrogen and oxygen atoms in total. The fraction of sp³-hybridized carbons (Fsp3) is 0.346. The molecule has 5 heteroatoms. The van der Waals surface area contributed by atoms with E-state index in [-0.39, 0.29) is 18.6 Å². The second kappa shape index (κ2) is 8.50. The minimum atomic E-state index is -0.434. The number of aromatic nitrogens is 1. The fourth-order valence-electron chi connectivity index (χ4n) is 4.95. The van der Waals surface area contributed by atoms with E-state index in [9.17, 15) is 9.59 Å². The van der Waals surface area contributed by atoms with Crippen molar-refractivity contribution >= 4 is 22.8 Å². The van der Waals surface area contributed by atoms with Crippen molar-refractivity contribution in [1.29, 1.82) is 0 Å². The molecular formula is C26H26N2O3. The first-order valence-electron chi connectivity index (χ1n) is 11.2. The maximum Gasteiger partial charge on any atom is 0.339 e. The highest BCUT2D eigenvalue weighted by Crippen LogP contribution is 2.31. The van der Waals surface area contributed by atoms with E-state index in [1.165, 1.54) is 11.1 Å². The third-order valence-electron chi connectivity index (χ3n) is 6.41. The summed E-state index contributed by atoms with van der Waals surface area (Å²) >= 11 is 0. The Morgan fingerprint density at radius 3 is 2.71 bits per heavy atom. The molecule has 2 aliphatic rings. The van der Waals surface area contributed by atoms with Crippen LogP contribution in [0.4, 0.5) is 0 Å². The summed E-state index contributed by atoms with van der Waals surface area (Å²) in [7, 11) is 0. The number of benzene rings is 2. The van der Waals surface area contributed by atoms with Crippen molar-refractivity contribution in [2.24, 2.45) is 0 Å². The third kappa shape index (κ3) is 3.92. The van der Waals surface area contributed by atoms with Crippen molar-refractivity contribution in [2.45, 2.75) is 51.0 Å². The fourth-order valence-corrected chi connectivity index (χ4v) is 4.95. The Labute approximate surface area is 181 Å². The number of carbonyl (C=O) groups excluding carboxylic acids is 2. The minimum Gasteiger partial charge on any atom is -0.452 e. The third-order valence-corrected chi connectivity index (χ3v) is 6.41. The molecule has 0 radical (unpaired) electrons. The molecule has 1 aromatic heterocycles. The largest absolute Gasteiger partial charge is 0.452 e. The van der Waals surface area contributed by atoms with Gasteiger partial charge >= 0.3 is 5.97 Å². The molecule has 1 unspecified atom stereocenters. The van der Waals surface area contributed by atoms with Gasteiger partial charge in [-0.3, -0.25) is 9.78 Å². The Morgan fingerprint density at radius 1 is 0.968 bits per heavy atom. The zero-order valence-electron chi connectivity index (χ0n) is 17.5. The predicted molar refractivity (Wildman–Crippen MR) is 119 cm³/mol. The number of nitrogens with zero attached hydrogens (tertiary/aromatic N) is 1. The van der Waals surface area contributed by atoms with Gasteiger partial charge in [0.25, 0.3) is 5.91 Å². The summed E-state index contributed by atoms with van der Waals surface area (Å²) in [5.41, 5.74) is 5.81. The first-order valence-corrected chi connectivity index (χ1v) is 11.2. The second-order valence-corrected chi connectivity index (χ2v) is 8.42. The summed E-state index contributed by atoms with van der Waals surface area (Å²) in [4.78, 5) is 30.5. The van der Waals surface area contributed by atoms with E-state index in [2.05, 4.69) is 17.4 Å². The number of ether oxygens (including phenoxy) is 1. The number of esters is 1. The van der Waals surface area contributed by atoms with E-state index in [1.54, 1.807) is 0 Å². The van der Waals surface area contributed by atoms with Crippen LogP contribution in [0.2, 0.25) is 0 Å². The van der Waals surface area contributed by atoms with E-state index in [0.29, 0.717) is 5.56 Å². The standard InChI is InChI=1S/C26H26N2O3/c29-24(28-21-15-7-9-17-8-1-2-10-18(17)21)16-31-26(30)25-19-11-3-5-13-22(19)27-23-14-6-4-12-20(23)25/h1-3,5,8,10-11,13,21H,4,6-7,9,12,14-16H2,(H,28,29). The number of amides is 1. The SMILES string of the molecule is O=C(COC(=O)c1c2c(nc3ccccc13)CCCC2)NC1CCCc2ccccc21. The van der Waals surface area contributed by atoms with Crippen LogP contribution in [0.15, 0.2) is 48.5 Å². The van der Waals surface area contributed by atoms with E-state index < -0.39 is 5.97 Å². The Kier molecular flexibility index (Phi) is 5.41. The normalized spacial score (nSPS) is 17.5. The monoisotopic (exact) mass is 414 g/mol. The van der Waals surface area contributed by atoms with Gasteiger partial charge in [0.15, 0.2) is 6.61 Å². The molecule has 31 heavy (non-hydrogen) atoms. The lowest BCUT2D eigenvalue weighted by Crippen LogP contribution is -2.34. The zero-order chi connectivity index (χ0) is 21.2. The molecule has 2 aliphatic carbocycles. The Balaban J connectivity index is 1.32. The summed E-state index contributed by atoms with van der Waals surface area (Å²) in [6.07, 6.45) is 6.80. The quantitative estimate of drug-likeness (QED) is 0.640. The smallest absolute Gasteiger partial charge is 0.339 e. The summed E-state index contributed by atoms with van der Waals surface area (Å²) in [6.45, 7) is -0.275. The van der Waals surface area contributed by atoms with E-state index in [0.717, 1.165) is 67.1 Å². The Hall–Kier alpha value is -3.21. The lowest BCUT2D eigenvalue weighted by atomic mass is 9.88. The number of hydrogen-bond donors (Lipinski definition) is 1. The molecule has 3 aromatic rings. The first kappa shape index (κ1) is 19.7. The van der Waals surface area contributed by atoms with Crippen LogP contribution >= 0.6 is 0 Å². The highest BCUT2D eigenvalue weighted by atomic mass is 16.5. The van der Waals surface area contributed by atoms with Gasteiger partial charge in [-0.15, -0.1) is 0 Å². The number of pyridine rings is 1. The molecule has 0 spiro atoms. The highest BCUT2D eigenvalue weighted by molar-refractivity contribution is 6.05. The van der Waals surface area contributed by atoms with Crippen molar-refractivity contribution in [3.63, 3.8) is 0 Å². The molecular weight excluding hydrogens is 388 g/mol. The van der Waals surface area contributed by atoms with Crippen molar-refractivity contribution in [3.05, 3.63) is 76.5 Å². The predicted octanol–water partition coefficient (Wildman–Crippen LogP) is 4.46. The van der Waals surface area contributed by atoms with Crippen LogP contribution in [-0.4, -0.2) is 23.5 Å². The minimum absolute atomic E-state index is 0.0225. The van der Waals surface area contributed by atoms with Gasteiger partial charge in [-0.05, 0) is 67.7 Å². The topological polar surface area (TPSA) is 68.3 Å². The molecule has 0 fully saturated rings. The van der Waals surface area contributed by atoms with Crippen molar-refractivity contribution in [1.82, 2.24) is 10.3 Å². The number of carbonyl (C=O) groups is 2. The van der Waals surface area contributed by atoms with Gasteiger partial charge < -0.3 is 10.1 Å². The van der Waals surface area contributed by atoms with Crippen LogP contribution in [0.3, 0.4) is 0 Å². The van der Waals surface area contributed by atoms with Crippen LogP contribution < -0.4 is 5.32 Å². The molecule has 0 bridgehead atoms. The van der Waals surface area contributed by atoms with E-state index in [4.69, 9.17) is 9.72 Å². The maximum absolute atomic E-state index is 13.1. The Bertz CT molecular complexity index is 1150. The van der Waals surface area contributed by atoms with Gasteiger partial charge in [-0.2, -0.15) is 0 Å². The lowest BCUT2D eigenvalue weighted by Gasteiger charge is -2.26. The van der Waals surface area contributed by atoms with Crippen molar-refractivity contribution < 1.29 is 14.3 Å². The number of aryl methyl sites for hydroxylation is 2. The van der Waals surface area contributed by atoms with E-state index >= 15 is 0 Å². The first-order chi connectivity index (χ1) is 15.2. The Morgan fingerprint density at radius 2 is 1.77 bits per heavy atom. The number of nitrogens with one attached hydrogen (secondary N) is 1. The van der Waals surface area contributed by atoms with Crippen LogP contribution in [0, 0.1) is 0 Å². The average molecular weight is 415 g/mol. The number of hydrogen-bond acceptors (Lipinski definition) is 4. The maximum atomic E-state index is 13.1. The van der Waals surface area contributed by atoms with Gasteiger partial charge in [0.2, 0.25) is 0 Å². The molecule has 0 saturated heterocycles. The summed E-state index contributed by atoms with van der Waals surface area (Å²) in [5, 5.41) is 3.85. The van der Waals surface area contributed by atoms with Gasteiger partial charge in [-0.25, -0.2) is 4.79 Å². The van der Waals surface area contributed by atoms with Crippen LogP contribution in [0.25, 0.3) is 10.9 Å². The number of para-hydroxylation sites is 1. The zero-order valence-corrected chi connectivity index (χ0v) is 17.5. The van der Waals surface area contributed by atoms with Crippen molar-refractivity contribution in [3.8, 4) is 0 Å². The van der Waals surface area contributed by atoms with Crippen LogP contribution in [0.5, 0.6) is 0 Å². The molecule has 1 atom stereocenters. The van der Waals surface area contributed by atoms with Crippen molar-refractivity contribution in [2.75, 3.05) is 6.61 Å². The van der Waals surface area contributed by atoms with Gasteiger partial charge in [0, 0.05) is 11.1 Å². The molecule has 1 heterocycles. The molecule has 0 saturated carbocycles. The molecule has 1 N–H and O–H groups in total. The summed E-state index contributed by atoms with van der Waals surface area (Å²) in [5.74, 6) is -0.696. The summed E-state index contributed by atoms with van der Waals surface area (Å²) < 4.78 is 5.51. The highest BCUT2D eigenvalue weighted by Gasteiger charge is 2.25. The lowest BCUT2D eigenvalue weighted by molar-refractivity contribution is -0.125. The number of fused-ring (bicyclic) bond motifs is 3. The molecule has 0 aliphatic heterocycles. The summed E-state index contributed by atoms with van der Waals surface area (Å²) in [6, 6.07) is 15.9. The molecule has 5 rings (SSSR count). The van der Waals surface area contributed by atoms with Gasteiger partial charge in [0.1, 0.15) is 0 Å². The van der Waals surface area contributed by atoms with Gasteiger partial charge in [0.05, 0.1) is 17.1 Å². The average Bonchev–Trinajstić information content (AvgIpc) is 2.81. The van der Waals surface area contributed by atoms with Crippen LogP contribution in [-0.2, 0) is 28.8 Å². The molecule has 1 amide bonds. The number of rotatable bonds is 4. The van der Waals surface area contributed by atoms with Crippen LogP contribution in [0.1, 0.15) is 64.5 Å². The molecule has 158 valence electrons. The molecule has 2 aromatic carbocycles. The van der Waals surface area contributed by atoms with E-state index in [1.807, 2.05) is 36.4 Å².